The number of rotatable bonds is 6. The second kappa shape index (κ2) is 6.35. The summed E-state index contributed by atoms with van der Waals surface area (Å²) in [5.74, 6) is 0.767. The molecule has 78 valence electrons. The molecule has 3 nitrogen and oxygen atoms in total. The van der Waals surface area contributed by atoms with E-state index in [0.29, 0.717) is 0 Å². The number of nitrogens with zero attached hydrogens (tertiary/aromatic N) is 1. The first-order valence-electron chi connectivity index (χ1n) is 5.28. The third-order valence-electron chi connectivity index (χ3n) is 2.70. The molecule has 1 aliphatic rings. The molecule has 0 aromatic heterocycles. The van der Waals surface area contributed by atoms with Gasteiger partial charge in [0, 0.05) is 13.7 Å². The summed E-state index contributed by atoms with van der Waals surface area (Å²) in [7, 11) is 1.79. The summed E-state index contributed by atoms with van der Waals surface area (Å²) in [5, 5.41) is 0. The Hall–Kier alpha value is -0.120. The van der Waals surface area contributed by atoms with Crippen molar-refractivity contribution in [2.75, 3.05) is 39.9 Å². The highest BCUT2D eigenvalue weighted by Gasteiger charge is 2.21. The van der Waals surface area contributed by atoms with Crippen LogP contribution in [-0.2, 0) is 4.74 Å². The lowest BCUT2D eigenvalue weighted by Gasteiger charge is -2.15. The van der Waals surface area contributed by atoms with Gasteiger partial charge in [-0.15, -0.1) is 0 Å². The molecule has 1 fully saturated rings. The van der Waals surface area contributed by atoms with E-state index in [1.807, 2.05) is 0 Å². The van der Waals surface area contributed by atoms with Gasteiger partial charge in [0.25, 0.3) is 0 Å². The summed E-state index contributed by atoms with van der Waals surface area (Å²) in [4.78, 5) is 2.53. The predicted molar refractivity (Wildman–Crippen MR) is 54.7 cm³/mol. The number of methoxy groups -OCH3 is 1. The van der Waals surface area contributed by atoms with Gasteiger partial charge in [0.2, 0.25) is 0 Å². The summed E-state index contributed by atoms with van der Waals surface area (Å²) >= 11 is 0. The van der Waals surface area contributed by atoms with Gasteiger partial charge in [-0.25, -0.2) is 0 Å². The van der Waals surface area contributed by atoms with Crippen molar-refractivity contribution in [2.45, 2.75) is 19.3 Å². The maximum absolute atomic E-state index is 5.45. The van der Waals surface area contributed by atoms with Crippen molar-refractivity contribution >= 4 is 0 Å². The molecule has 1 aliphatic heterocycles. The summed E-state index contributed by atoms with van der Waals surface area (Å²) in [6.07, 6.45) is 3.71. The first-order valence-corrected chi connectivity index (χ1v) is 5.28. The topological polar surface area (TPSA) is 38.5 Å². The number of hydrogen-bond acceptors (Lipinski definition) is 3. The van der Waals surface area contributed by atoms with Gasteiger partial charge in [-0.2, -0.15) is 0 Å². The predicted octanol–water partition coefficient (Wildman–Crippen LogP) is 0.694. The van der Waals surface area contributed by atoms with Gasteiger partial charge in [-0.3, -0.25) is 0 Å². The van der Waals surface area contributed by atoms with E-state index in [-0.39, 0.29) is 0 Å². The van der Waals surface area contributed by atoms with Crippen LogP contribution in [0.1, 0.15) is 19.3 Å². The zero-order chi connectivity index (χ0) is 9.52. The highest BCUT2D eigenvalue weighted by molar-refractivity contribution is 4.74. The quantitative estimate of drug-likeness (QED) is 0.620. The largest absolute Gasteiger partial charge is 0.384 e. The molecule has 0 radical (unpaired) electrons. The average Bonchev–Trinajstić information content (AvgIpc) is 2.54. The minimum absolute atomic E-state index is 0.767. The molecule has 0 spiro atoms. The van der Waals surface area contributed by atoms with E-state index in [1.54, 1.807) is 7.11 Å². The van der Waals surface area contributed by atoms with Crippen LogP contribution in [0.5, 0.6) is 0 Å². The lowest BCUT2D eigenvalue weighted by Crippen LogP contribution is -2.23. The maximum atomic E-state index is 5.45. The van der Waals surface area contributed by atoms with E-state index in [2.05, 4.69) is 4.90 Å². The van der Waals surface area contributed by atoms with Gasteiger partial charge in [-0.1, -0.05) is 0 Å². The molecule has 0 aromatic carbocycles. The SMILES string of the molecule is COCC1CCN(CCCCN)C1. The summed E-state index contributed by atoms with van der Waals surface area (Å²) < 4.78 is 5.15. The van der Waals surface area contributed by atoms with Gasteiger partial charge >= 0.3 is 0 Å². The van der Waals surface area contributed by atoms with Crippen LogP contribution in [-0.4, -0.2) is 44.8 Å². The average molecular weight is 186 g/mol. The highest BCUT2D eigenvalue weighted by atomic mass is 16.5. The van der Waals surface area contributed by atoms with Crippen molar-refractivity contribution in [3.05, 3.63) is 0 Å². The van der Waals surface area contributed by atoms with E-state index < -0.39 is 0 Å². The van der Waals surface area contributed by atoms with Crippen LogP contribution < -0.4 is 5.73 Å². The zero-order valence-corrected chi connectivity index (χ0v) is 8.67. The molecular formula is C10H22N2O. The van der Waals surface area contributed by atoms with Crippen molar-refractivity contribution in [3.8, 4) is 0 Å². The van der Waals surface area contributed by atoms with E-state index in [1.165, 1.54) is 32.5 Å². The minimum Gasteiger partial charge on any atom is -0.384 e. The van der Waals surface area contributed by atoms with E-state index in [4.69, 9.17) is 10.5 Å². The van der Waals surface area contributed by atoms with Gasteiger partial charge in [0.05, 0.1) is 6.61 Å². The van der Waals surface area contributed by atoms with Gasteiger partial charge < -0.3 is 15.4 Å². The smallest absolute Gasteiger partial charge is 0.0503 e. The fourth-order valence-corrected chi connectivity index (χ4v) is 1.97. The summed E-state index contributed by atoms with van der Waals surface area (Å²) in [6, 6.07) is 0. The van der Waals surface area contributed by atoms with E-state index in [9.17, 15) is 0 Å². The van der Waals surface area contributed by atoms with Crippen molar-refractivity contribution in [1.29, 1.82) is 0 Å². The highest BCUT2D eigenvalue weighted by Crippen LogP contribution is 2.16. The molecule has 3 heteroatoms. The van der Waals surface area contributed by atoms with Crippen molar-refractivity contribution in [1.82, 2.24) is 4.90 Å². The molecule has 1 atom stereocenters. The number of hydrogen-bond donors (Lipinski definition) is 1. The fraction of sp³-hybridized carbons (Fsp3) is 1.00. The molecule has 0 bridgehead atoms. The maximum Gasteiger partial charge on any atom is 0.0503 e. The Kier molecular flexibility index (Phi) is 5.35. The Bertz CT molecular complexity index is 130. The summed E-state index contributed by atoms with van der Waals surface area (Å²) in [5.41, 5.74) is 5.45. The molecule has 0 aliphatic carbocycles. The van der Waals surface area contributed by atoms with Gasteiger partial charge in [-0.05, 0) is 44.8 Å². The standard InChI is InChI=1S/C10H22N2O/c1-13-9-10-4-7-12(8-10)6-3-2-5-11/h10H,2-9,11H2,1H3. The normalized spacial score (nSPS) is 24.0. The van der Waals surface area contributed by atoms with Crippen LogP contribution in [0.15, 0.2) is 0 Å². The molecule has 13 heavy (non-hydrogen) atoms. The molecule has 0 saturated carbocycles. The zero-order valence-electron chi connectivity index (χ0n) is 8.67. The van der Waals surface area contributed by atoms with Crippen LogP contribution in [0.3, 0.4) is 0 Å². The van der Waals surface area contributed by atoms with Crippen LogP contribution >= 0.6 is 0 Å². The third-order valence-corrected chi connectivity index (χ3v) is 2.70. The van der Waals surface area contributed by atoms with Gasteiger partial charge in [0.15, 0.2) is 0 Å². The second-order valence-electron chi connectivity index (χ2n) is 3.91. The van der Waals surface area contributed by atoms with Gasteiger partial charge in [0.1, 0.15) is 0 Å². The molecule has 0 aromatic rings. The Morgan fingerprint density at radius 2 is 2.31 bits per heavy atom. The molecule has 1 heterocycles. The Morgan fingerprint density at radius 1 is 1.46 bits per heavy atom. The first-order chi connectivity index (χ1) is 6.36. The molecule has 2 N–H and O–H groups in total. The van der Waals surface area contributed by atoms with Crippen LogP contribution in [0, 0.1) is 5.92 Å². The van der Waals surface area contributed by atoms with Crippen LogP contribution in [0.4, 0.5) is 0 Å². The molecule has 0 amide bonds. The summed E-state index contributed by atoms with van der Waals surface area (Å²) in [6.45, 7) is 5.44. The van der Waals surface area contributed by atoms with Crippen LogP contribution in [0.2, 0.25) is 0 Å². The molecule has 1 unspecified atom stereocenters. The Labute approximate surface area is 81.2 Å². The van der Waals surface area contributed by atoms with Crippen molar-refractivity contribution < 1.29 is 4.74 Å². The lowest BCUT2D eigenvalue weighted by atomic mass is 10.1. The second-order valence-corrected chi connectivity index (χ2v) is 3.91. The Balaban J connectivity index is 2.03. The van der Waals surface area contributed by atoms with Crippen LogP contribution in [0.25, 0.3) is 0 Å². The van der Waals surface area contributed by atoms with Crippen molar-refractivity contribution in [3.63, 3.8) is 0 Å². The molecule has 1 saturated heterocycles. The van der Waals surface area contributed by atoms with E-state index >= 15 is 0 Å². The number of nitrogens with two attached hydrogens (primary N) is 1. The molecule has 1 rings (SSSR count). The van der Waals surface area contributed by atoms with E-state index in [0.717, 1.165) is 25.5 Å². The van der Waals surface area contributed by atoms with Crippen molar-refractivity contribution in [2.24, 2.45) is 11.7 Å². The number of likely N-dealkylation sites (tertiary alicyclic amines) is 1. The number of ether oxygens (including phenoxy) is 1. The third kappa shape index (κ3) is 4.07. The Morgan fingerprint density at radius 3 is 3.00 bits per heavy atom. The minimum atomic E-state index is 0.767. The lowest BCUT2D eigenvalue weighted by molar-refractivity contribution is 0.153. The fourth-order valence-electron chi connectivity index (χ4n) is 1.97. The first kappa shape index (κ1) is 11.0. The molecular weight excluding hydrogens is 164 g/mol. The monoisotopic (exact) mass is 186 g/mol. The number of unbranched alkanes of at least 4 members (excludes halogenated alkanes) is 1.